The third kappa shape index (κ3) is 4.43. The minimum Gasteiger partial charge on any atom is -0.412 e. The topological polar surface area (TPSA) is 86.7 Å². The maximum atomic E-state index is 14.5. The summed E-state index contributed by atoms with van der Waals surface area (Å²) in [6.07, 6.45) is -2.31. The fourth-order valence-electron chi connectivity index (χ4n) is 3.78. The lowest BCUT2D eigenvalue weighted by atomic mass is 10.1. The summed E-state index contributed by atoms with van der Waals surface area (Å²) in [4.78, 5) is 21.1. The van der Waals surface area contributed by atoms with E-state index in [1.54, 1.807) is 0 Å². The molecule has 0 aliphatic rings. The van der Waals surface area contributed by atoms with Gasteiger partial charge in [-0.25, -0.2) is 9.97 Å². The third-order valence-electron chi connectivity index (χ3n) is 5.28. The Bertz CT molecular complexity index is 1620. The van der Waals surface area contributed by atoms with Crippen LogP contribution >= 0.6 is 34.8 Å². The summed E-state index contributed by atoms with van der Waals surface area (Å²) in [5, 5.41) is 8.02. The molecule has 0 unspecified atom stereocenters. The maximum Gasteiger partial charge on any atom is 0.432 e. The molecule has 5 aromatic rings. The van der Waals surface area contributed by atoms with Crippen molar-refractivity contribution in [1.82, 2.24) is 24.7 Å². The second-order valence-corrected chi connectivity index (χ2v) is 8.82. The van der Waals surface area contributed by atoms with Crippen molar-refractivity contribution in [2.75, 3.05) is 0 Å². The van der Waals surface area contributed by atoms with Crippen molar-refractivity contribution in [3.05, 3.63) is 92.8 Å². The molecule has 0 saturated carbocycles. The first-order valence-corrected chi connectivity index (χ1v) is 11.2. The number of fused-ring (bicyclic) bond motifs is 1. The molecular weight excluding hydrogens is 542 g/mol. The van der Waals surface area contributed by atoms with Crippen LogP contribution in [0.15, 0.2) is 59.4 Å². The lowest BCUT2D eigenvalue weighted by molar-refractivity contribution is -0.143. The summed E-state index contributed by atoms with van der Waals surface area (Å²) in [5.41, 5.74) is -1.21. The molecule has 3 heterocycles. The first-order valence-electron chi connectivity index (χ1n) is 10.1. The van der Waals surface area contributed by atoms with Gasteiger partial charge >= 0.3 is 6.18 Å². The highest BCUT2D eigenvalue weighted by Crippen LogP contribution is 2.41. The fourth-order valence-corrected chi connectivity index (χ4v) is 4.42. The molecule has 36 heavy (non-hydrogen) atoms. The van der Waals surface area contributed by atoms with Crippen LogP contribution in [0.2, 0.25) is 15.1 Å². The molecule has 0 saturated heterocycles. The molecule has 3 aromatic heterocycles. The molecule has 0 atom stereocenters. The van der Waals surface area contributed by atoms with Crippen LogP contribution in [0, 0.1) is 0 Å². The molecule has 0 aliphatic heterocycles. The standard InChI is InChI=1S/C23H11Cl3F3N5O2/c24-12-3-4-17-14(7-12)18(19(35)22-33-32-21(36-22)16-5-6-30-10-31-16)20(23(27,28)29)34(17)9-11-1-2-13(25)8-15(11)26/h1-8,10H,9H2. The van der Waals surface area contributed by atoms with E-state index in [1.165, 1.54) is 55.0 Å². The first-order chi connectivity index (χ1) is 17.1. The number of carbonyl (C=O) groups is 1. The van der Waals surface area contributed by atoms with E-state index in [0.717, 1.165) is 4.57 Å². The molecule has 0 spiro atoms. The third-order valence-corrected chi connectivity index (χ3v) is 6.11. The van der Waals surface area contributed by atoms with E-state index in [1.807, 2.05) is 0 Å². The second-order valence-electron chi connectivity index (χ2n) is 7.54. The number of nitrogens with zero attached hydrogens (tertiary/aromatic N) is 5. The van der Waals surface area contributed by atoms with Crippen molar-refractivity contribution in [3.8, 4) is 11.6 Å². The van der Waals surface area contributed by atoms with Crippen molar-refractivity contribution in [3.63, 3.8) is 0 Å². The van der Waals surface area contributed by atoms with Gasteiger partial charge in [0.25, 0.3) is 17.6 Å². The Kier molecular flexibility index (Phi) is 6.19. The lowest BCUT2D eigenvalue weighted by Gasteiger charge is -2.15. The van der Waals surface area contributed by atoms with Gasteiger partial charge < -0.3 is 8.98 Å². The minimum absolute atomic E-state index is 0.0355. The van der Waals surface area contributed by atoms with Crippen molar-refractivity contribution >= 4 is 51.5 Å². The van der Waals surface area contributed by atoms with Crippen LogP contribution < -0.4 is 0 Å². The van der Waals surface area contributed by atoms with Gasteiger partial charge in [0.2, 0.25) is 0 Å². The average Bonchev–Trinajstić information content (AvgIpc) is 3.44. The smallest absolute Gasteiger partial charge is 0.412 e. The minimum atomic E-state index is -4.94. The van der Waals surface area contributed by atoms with E-state index in [-0.39, 0.29) is 39.1 Å². The largest absolute Gasteiger partial charge is 0.432 e. The zero-order valence-electron chi connectivity index (χ0n) is 17.7. The SMILES string of the molecule is O=C(c1nnc(-c2ccncn2)o1)c1c(C(F)(F)F)n(Cc2ccc(Cl)cc2Cl)c2ccc(Cl)cc12. The molecule has 13 heteroatoms. The number of hydrogen-bond acceptors (Lipinski definition) is 6. The molecule has 5 rings (SSSR count). The van der Waals surface area contributed by atoms with Crippen LogP contribution in [0.5, 0.6) is 0 Å². The number of hydrogen-bond donors (Lipinski definition) is 0. The summed E-state index contributed by atoms with van der Waals surface area (Å²) in [6, 6.07) is 10.0. The molecule has 0 radical (unpaired) electrons. The number of benzene rings is 2. The van der Waals surface area contributed by atoms with Gasteiger partial charge in [-0.2, -0.15) is 13.2 Å². The number of halogens is 6. The highest BCUT2D eigenvalue weighted by atomic mass is 35.5. The first kappa shape index (κ1) is 24.2. The van der Waals surface area contributed by atoms with Gasteiger partial charge in [0.05, 0.1) is 5.56 Å². The molecule has 0 fully saturated rings. The Hall–Kier alpha value is -3.47. The van der Waals surface area contributed by atoms with E-state index in [9.17, 15) is 18.0 Å². The summed E-state index contributed by atoms with van der Waals surface area (Å²) >= 11 is 18.3. The van der Waals surface area contributed by atoms with Gasteiger partial charge in [-0.05, 0) is 42.0 Å². The van der Waals surface area contributed by atoms with E-state index < -0.39 is 29.1 Å². The second kappa shape index (κ2) is 9.20. The van der Waals surface area contributed by atoms with E-state index in [4.69, 9.17) is 39.2 Å². The Balaban J connectivity index is 1.71. The lowest BCUT2D eigenvalue weighted by Crippen LogP contribution is -2.19. The Morgan fingerprint density at radius 1 is 1.00 bits per heavy atom. The molecule has 182 valence electrons. The van der Waals surface area contributed by atoms with Crippen molar-refractivity contribution in [1.29, 1.82) is 0 Å². The quantitative estimate of drug-likeness (QED) is 0.225. The highest BCUT2D eigenvalue weighted by molar-refractivity contribution is 6.35. The van der Waals surface area contributed by atoms with Gasteiger partial charge in [-0.3, -0.25) is 4.79 Å². The van der Waals surface area contributed by atoms with Gasteiger partial charge in [-0.15, -0.1) is 10.2 Å². The summed E-state index contributed by atoms with van der Waals surface area (Å²) in [7, 11) is 0. The Labute approximate surface area is 215 Å². The van der Waals surface area contributed by atoms with E-state index in [2.05, 4.69) is 20.2 Å². The van der Waals surface area contributed by atoms with Gasteiger partial charge in [0.15, 0.2) is 0 Å². The molecule has 0 N–H and O–H groups in total. The highest BCUT2D eigenvalue weighted by Gasteiger charge is 2.42. The molecule has 0 amide bonds. The summed E-state index contributed by atoms with van der Waals surface area (Å²) in [6.45, 7) is -0.299. The van der Waals surface area contributed by atoms with Crippen LogP contribution in [0.4, 0.5) is 13.2 Å². The maximum absolute atomic E-state index is 14.5. The molecule has 2 aromatic carbocycles. The number of carbonyl (C=O) groups excluding carboxylic acids is 1. The Morgan fingerprint density at radius 3 is 2.44 bits per heavy atom. The predicted molar refractivity (Wildman–Crippen MR) is 126 cm³/mol. The Morgan fingerprint density at radius 2 is 1.75 bits per heavy atom. The van der Waals surface area contributed by atoms with Crippen LogP contribution in [0.3, 0.4) is 0 Å². The molecule has 7 nitrogen and oxygen atoms in total. The molecular formula is C23H11Cl3F3N5O2. The monoisotopic (exact) mass is 551 g/mol. The van der Waals surface area contributed by atoms with Crippen molar-refractivity contribution in [2.45, 2.75) is 12.7 Å². The molecule has 0 bridgehead atoms. The number of alkyl halides is 3. The fraction of sp³-hybridized carbons (Fsp3) is 0.0870. The normalized spacial score (nSPS) is 11.8. The predicted octanol–water partition coefficient (Wildman–Crippen LogP) is 6.74. The van der Waals surface area contributed by atoms with Gasteiger partial charge in [0, 0.05) is 38.7 Å². The zero-order chi connectivity index (χ0) is 25.6. The van der Waals surface area contributed by atoms with Crippen LogP contribution in [0.25, 0.3) is 22.5 Å². The summed E-state index contributed by atoms with van der Waals surface area (Å²) in [5.74, 6) is -1.91. The van der Waals surface area contributed by atoms with Crippen LogP contribution in [-0.4, -0.2) is 30.5 Å². The number of aromatic nitrogens is 5. The average molecular weight is 553 g/mol. The zero-order valence-corrected chi connectivity index (χ0v) is 20.0. The number of ketones is 1. The molecule has 0 aliphatic carbocycles. The van der Waals surface area contributed by atoms with E-state index in [0.29, 0.717) is 10.6 Å². The van der Waals surface area contributed by atoms with Crippen LogP contribution in [-0.2, 0) is 12.7 Å². The number of rotatable bonds is 5. The summed E-state index contributed by atoms with van der Waals surface area (Å²) < 4.78 is 49.9. The van der Waals surface area contributed by atoms with Crippen molar-refractivity contribution < 1.29 is 22.4 Å². The van der Waals surface area contributed by atoms with Gasteiger partial charge in [-0.1, -0.05) is 40.9 Å². The van der Waals surface area contributed by atoms with Gasteiger partial charge in [0.1, 0.15) is 17.7 Å². The van der Waals surface area contributed by atoms with Crippen LogP contribution in [0.1, 0.15) is 27.5 Å². The van der Waals surface area contributed by atoms with Crippen molar-refractivity contribution in [2.24, 2.45) is 0 Å². The van der Waals surface area contributed by atoms with E-state index >= 15 is 0 Å².